The maximum atomic E-state index is 12.1. The summed E-state index contributed by atoms with van der Waals surface area (Å²) in [6, 6.07) is 7.38. The van der Waals surface area contributed by atoms with Gasteiger partial charge in [0.15, 0.2) is 0 Å². The normalized spacial score (nSPS) is 19.8. The summed E-state index contributed by atoms with van der Waals surface area (Å²) in [6.45, 7) is 4.29. The van der Waals surface area contributed by atoms with Crippen LogP contribution in [0, 0.1) is 5.92 Å². The summed E-state index contributed by atoms with van der Waals surface area (Å²) in [6.07, 6.45) is 0.201. The summed E-state index contributed by atoms with van der Waals surface area (Å²) in [4.78, 5) is 25.0. The highest BCUT2D eigenvalue weighted by Gasteiger charge is 2.41. The third kappa shape index (κ3) is 2.59. The fraction of sp³-hybridized carbons (Fsp3) is 0.429. The molecule has 1 saturated heterocycles. The first-order chi connectivity index (χ1) is 8.82. The third-order valence-corrected chi connectivity index (χ3v) is 4.00. The van der Waals surface area contributed by atoms with E-state index in [0.29, 0.717) is 11.6 Å². The van der Waals surface area contributed by atoms with Crippen LogP contribution in [0.3, 0.4) is 0 Å². The van der Waals surface area contributed by atoms with Crippen molar-refractivity contribution < 1.29 is 9.59 Å². The summed E-state index contributed by atoms with van der Waals surface area (Å²) in [7, 11) is 0. The van der Waals surface area contributed by atoms with Crippen molar-refractivity contribution in [2.75, 3.05) is 6.54 Å². The fourth-order valence-electron chi connectivity index (χ4n) is 2.45. The molecule has 1 heterocycles. The molecule has 1 aromatic rings. The zero-order valence-electron chi connectivity index (χ0n) is 11.0. The van der Waals surface area contributed by atoms with Crippen LogP contribution in [0.1, 0.15) is 25.8 Å². The molecule has 1 aromatic carbocycles. The molecule has 0 saturated carbocycles. The molecule has 0 radical (unpaired) electrons. The van der Waals surface area contributed by atoms with Crippen LogP contribution >= 0.6 is 11.6 Å². The molecular weight excluding hydrogens is 264 g/mol. The standard InChI is InChI=1S/C14H17ClN2O2/c1-14(2,10-3-5-11(15)6-4-10)17-8-9(13(16)19)7-12(17)18/h3-6,9H,7-8H2,1-2H3,(H2,16,19). The second kappa shape index (κ2) is 4.85. The maximum absolute atomic E-state index is 12.1. The summed E-state index contributed by atoms with van der Waals surface area (Å²) < 4.78 is 0. The van der Waals surface area contributed by atoms with Crippen LogP contribution < -0.4 is 5.73 Å². The van der Waals surface area contributed by atoms with Crippen LogP contribution in [0.5, 0.6) is 0 Å². The quantitative estimate of drug-likeness (QED) is 0.919. The Kier molecular flexibility index (Phi) is 3.54. The van der Waals surface area contributed by atoms with E-state index in [-0.39, 0.29) is 18.2 Å². The largest absolute Gasteiger partial charge is 0.369 e. The Labute approximate surface area is 117 Å². The van der Waals surface area contributed by atoms with Gasteiger partial charge in [0.25, 0.3) is 0 Å². The van der Waals surface area contributed by atoms with Crippen molar-refractivity contribution in [3.8, 4) is 0 Å². The van der Waals surface area contributed by atoms with Crippen molar-refractivity contribution in [3.63, 3.8) is 0 Å². The Hall–Kier alpha value is -1.55. The molecule has 1 aliphatic rings. The Morgan fingerprint density at radius 3 is 2.42 bits per heavy atom. The molecule has 2 N–H and O–H groups in total. The lowest BCUT2D eigenvalue weighted by Gasteiger charge is -2.36. The Bertz CT molecular complexity index is 511. The fourth-order valence-corrected chi connectivity index (χ4v) is 2.58. The van der Waals surface area contributed by atoms with Crippen molar-refractivity contribution in [2.45, 2.75) is 25.8 Å². The van der Waals surface area contributed by atoms with Crippen LogP contribution in [0.2, 0.25) is 5.02 Å². The zero-order valence-corrected chi connectivity index (χ0v) is 11.8. The monoisotopic (exact) mass is 280 g/mol. The number of hydrogen-bond donors (Lipinski definition) is 1. The summed E-state index contributed by atoms with van der Waals surface area (Å²) in [5.41, 5.74) is 5.79. The Morgan fingerprint density at radius 2 is 1.95 bits per heavy atom. The Balaban J connectivity index is 2.27. The number of benzene rings is 1. The maximum Gasteiger partial charge on any atom is 0.224 e. The Morgan fingerprint density at radius 1 is 1.37 bits per heavy atom. The average Bonchev–Trinajstić information content (AvgIpc) is 2.73. The number of carbonyl (C=O) groups is 2. The van der Waals surface area contributed by atoms with Crippen LogP contribution in [0.25, 0.3) is 0 Å². The second-order valence-corrected chi connectivity index (χ2v) is 5.81. The van der Waals surface area contributed by atoms with Crippen molar-refractivity contribution in [1.82, 2.24) is 4.90 Å². The average molecular weight is 281 g/mol. The van der Waals surface area contributed by atoms with Gasteiger partial charge in [0.2, 0.25) is 11.8 Å². The number of nitrogens with zero attached hydrogens (tertiary/aromatic N) is 1. The zero-order chi connectivity index (χ0) is 14.2. The van der Waals surface area contributed by atoms with Crippen molar-refractivity contribution >= 4 is 23.4 Å². The lowest BCUT2D eigenvalue weighted by molar-refractivity contribution is -0.132. The van der Waals surface area contributed by atoms with Gasteiger partial charge in [0.05, 0.1) is 11.5 Å². The van der Waals surface area contributed by atoms with Gasteiger partial charge in [-0.15, -0.1) is 0 Å². The number of carbonyl (C=O) groups excluding carboxylic acids is 2. The highest BCUT2D eigenvalue weighted by Crippen LogP contribution is 2.34. The highest BCUT2D eigenvalue weighted by molar-refractivity contribution is 6.30. The second-order valence-electron chi connectivity index (χ2n) is 5.37. The summed E-state index contributed by atoms with van der Waals surface area (Å²) >= 11 is 5.87. The van der Waals surface area contributed by atoms with Crippen molar-refractivity contribution in [1.29, 1.82) is 0 Å². The van der Waals surface area contributed by atoms with Gasteiger partial charge < -0.3 is 10.6 Å². The van der Waals surface area contributed by atoms with Gasteiger partial charge in [-0.1, -0.05) is 23.7 Å². The molecule has 0 aromatic heterocycles. The smallest absolute Gasteiger partial charge is 0.224 e. The van der Waals surface area contributed by atoms with Crippen LogP contribution in [0.4, 0.5) is 0 Å². The number of likely N-dealkylation sites (tertiary alicyclic amines) is 1. The predicted molar refractivity (Wildman–Crippen MR) is 73.5 cm³/mol. The van der Waals surface area contributed by atoms with E-state index in [1.807, 2.05) is 26.0 Å². The van der Waals surface area contributed by atoms with E-state index in [0.717, 1.165) is 5.56 Å². The number of rotatable bonds is 3. The predicted octanol–water partition coefficient (Wildman–Crippen LogP) is 1.91. The lowest BCUT2D eigenvalue weighted by atomic mass is 9.92. The molecule has 0 aliphatic carbocycles. The minimum atomic E-state index is -0.480. The van der Waals surface area contributed by atoms with Gasteiger partial charge in [-0.2, -0.15) is 0 Å². The highest BCUT2D eigenvalue weighted by atomic mass is 35.5. The first kappa shape index (κ1) is 13.9. The number of primary amides is 1. The first-order valence-corrected chi connectivity index (χ1v) is 6.56. The van der Waals surface area contributed by atoms with Crippen LogP contribution in [0.15, 0.2) is 24.3 Å². The number of halogens is 1. The lowest BCUT2D eigenvalue weighted by Crippen LogP contribution is -2.43. The van der Waals surface area contributed by atoms with E-state index in [1.54, 1.807) is 17.0 Å². The summed E-state index contributed by atoms with van der Waals surface area (Å²) in [5, 5.41) is 0.655. The third-order valence-electron chi connectivity index (χ3n) is 3.75. The molecular formula is C14H17ClN2O2. The van der Waals surface area contributed by atoms with Gasteiger partial charge in [-0.05, 0) is 31.5 Å². The van der Waals surface area contributed by atoms with Crippen molar-refractivity contribution in [3.05, 3.63) is 34.9 Å². The van der Waals surface area contributed by atoms with Gasteiger partial charge in [0.1, 0.15) is 0 Å². The molecule has 2 amide bonds. The van der Waals surface area contributed by atoms with Crippen LogP contribution in [-0.2, 0) is 15.1 Å². The van der Waals surface area contributed by atoms with Gasteiger partial charge >= 0.3 is 0 Å². The van der Waals surface area contributed by atoms with Gasteiger partial charge in [-0.3, -0.25) is 9.59 Å². The van der Waals surface area contributed by atoms with Crippen molar-refractivity contribution in [2.24, 2.45) is 11.7 Å². The molecule has 1 atom stereocenters. The number of nitrogens with two attached hydrogens (primary N) is 1. The molecule has 5 heteroatoms. The number of hydrogen-bond acceptors (Lipinski definition) is 2. The molecule has 0 bridgehead atoms. The van der Waals surface area contributed by atoms with Crippen LogP contribution in [-0.4, -0.2) is 23.3 Å². The molecule has 2 rings (SSSR count). The first-order valence-electron chi connectivity index (χ1n) is 6.18. The van der Waals surface area contributed by atoms with E-state index in [1.165, 1.54) is 0 Å². The molecule has 1 aliphatic heterocycles. The molecule has 1 fully saturated rings. The topological polar surface area (TPSA) is 63.4 Å². The van der Waals surface area contributed by atoms with E-state index in [9.17, 15) is 9.59 Å². The van der Waals surface area contributed by atoms with E-state index in [2.05, 4.69) is 0 Å². The van der Waals surface area contributed by atoms with E-state index in [4.69, 9.17) is 17.3 Å². The molecule has 1 unspecified atom stereocenters. The number of amides is 2. The minimum Gasteiger partial charge on any atom is -0.369 e. The molecule has 4 nitrogen and oxygen atoms in total. The molecule has 19 heavy (non-hydrogen) atoms. The SMILES string of the molecule is CC(C)(c1ccc(Cl)cc1)N1CC(C(N)=O)CC1=O. The van der Waals surface area contributed by atoms with E-state index >= 15 is 0 Å². The summed E-state index contributed by atoms with van der Waals surface area (Å²) in [5.74, 6) is -0.842. The minimum absolute atomic E-state index is 0.0382. The van der Waals surface area contributed by atoms with Gasteiger partial charge in [-0.25, -0.2) is 0 Å². The van der Waals surface area contributed by atoms with E-state index < -0.39 is 11.4 Å². The molecule has 0 spiro atoms. The molecule has 102 valence electrons. The van der Waals surface area contributed by atoms with Gasteiger partial charge in [0, 0.05) is 18.0 Å².